The minimum Gasteiger partial charge on any atom is -0.338 e. The molecule has 24 heavy (non-hydrogen) atoms. The summed E-state index contributed by atoms with van der Waals surface area (Å²) >= 11 is 3.50. The zero-order chi connectivity index (χ0) is 16.9. The number of hydrogen-bond acceptors (Lipinski definition) is 7. The van der Waals surface area contributed by atoms with E-state index in [0.29, 0.717) is 5.89 Å². The van der Waals surface area contributed by atoms with E-state index in [9.17, 15) is 0 Å². The number of nitrogens with zero attached hydrogens (tertiary/aromatic N) is 4. The maximum absolute atomic E-state index is 5.49. The smallest absolute Gasteiger partial charge is 0.239 e. The lowest BCUT2D eigenvalue weighted by atomic mass is 9.96. The number of aryl methyl sites for hydroxylation is 2. The van der Waals surface area contributed by atoms with Crippen molar-refractivity contribution in [2.75, 3.05) is 0 Å². The van der Waals surface area contributed by atoms with Gasteiger partial charge in [0, 0.05) is 15.7 Å². The van der Waals surface area contributed by atoms with Gasteiger partial charge in [-0.1, -0.05) is 37.7 Å². The Morgan fingerprint density at radius 3 is 2.83 bits per heavy atom. The molecule has 0 unspecified atom stereocenters. The first-order chi connectivity index (χ1) is 11.4. The maximum Gasteiger partial charge on any atom is 0.239 e. The molecule has 0 aromatic carbocycles. The van der Waals surface area contributed by atoms with E-state index in [1.165, 1.54) is 28.7 Å². The molecule has 0 amide bonds. The third-order valence-electron chi connectivity index (χ3n) is 4.22. The van der Waals surface area contributed by atoms with Gasteiger partial charge in [-0.15, -0.1) is 11.3 Å². The van der Waals surface area contributed by atoms with Crippen LogP contribution in [0.4, 0.5) is 0 Å². The lowest BCUT2D eigenvalue weighted by Crippen LogP contribution is -2.13. The summed E-state index contributed by atoms with van der Waals surface area (Å²) in [4.78, 5) is 16.2. The predicted octanol–water partition coefficient (Wildman–Crippen LogP) is 4.71. The quantitative estimate of drug-likeness (QED) is 0.498. The van der Waals surface area contributed by atoms with Gasteiger partial charge in [0.1, 0.15) is 16.2 Å². The van der Waals surface area contributed by atoms with Gasteiger partial charge in [0.15, 0.2) is 5.82 Å². The number of thioether (sulfide) groups is 1. The van der Waals surface area contributed by atoms with E-state index < -0.39 is 0 Å². The third kappa shape index (κ3) is 2.73. The molecule has 0 spiro atoms. The molecule has 126 valence electrons. The van der Waals surface area contributed by atoms with Crippen molar-refractivity contribution in [2.45, 2.75) is 62.6 Å². The third-order valence-corrected chi connectivity index (χ3v) is 6.50. The molecule has 3 heterocycles. The first kappa shape index (κ1) is 16.0. The number of rotatable bonds is 3. The average molecular weight is 361 g/mol. The van der Waals surface area contributed by atoms with Gasteiger partial charge in [0.05, 0.1) is 5.25 Å². The SMILES string of the molecule is C[C@H](Sc1ncnc2sc3c(c12)CCC3)c1nc(C(C)(C)C)no1. The molecule has 0 aliphatic heterocycles. The average Bonchev–Trinajstić information content (AvgIpc) is 3.21. The molecule has 1 aliphatic carbocycles. The summed E-state index contributed by atoms with van der Waals surface area (Å²) in [5.41, 5.74) is 1.34. The summed E-state index contributed by atoms with van der Waals surface area (Å²) in [6, 6.07) is 0. The normalized spacial score (nSPS) is 15.8. The van der Waals surface area contributed by atoms with Gasteiger partial charge in [-0.25, -0.2) is 9.97 Å². The molecule has 1 aliphatic rings. The van der Waals surface area contributed by atoms with Crippen molar-refractivity contribution in [3.05, 3.63) is 28.5 Å². The Balaban J connectivity index is 1.66. The molecular weight excluding hydrogens is 340 g/mol. The van der Waals surface area contributed by atoms with E-state index >= 15 is 0 Å². The Bertz CT molecular complexity index is 894. The van der Waals surface area contributed by atoms with Crippen molar-refractivity contribution in [1.29, 1.82) is 0 Å². The van der Waals surface area contributed by atoms with Gasteiger partial charge in [-0.2, -0.15) is 4.98 Å². The molecule has 0 N–H and O–H groups in total. The summed E-state index contributed by atoms with van der Waals surface area (Å²) in [7, 11) is 0. The summed E-state index contributed by atoms with van der Waals surface area (Å²) in [5, 5.41) is 6.46. The van der Waals surface area contributed by atoms with E-state index in [1.54, 1.807) is 18.1 Å². The molecule has 0 radical (unpaired) electrons. The molecule has 1 atom stereocenters. The largest absolute Gasteiger partial charge is 0.338 e. The molecule has 3 aromatic rings. The molecule has 5 nitrogen and oxygen atoms in total. The van der Waals surface area contributed by atoms with Crippen LogP contribution in [0.5, 0.6) is 0 Å². The lowest BCUT2D eigenvalue weighted by molar-refractivity contribution is 0.364. The molecule has 0 bridgehead atoms. The van der Waals surface area contributed by atoms with Crippen molar-refractivity contribution in [2.24, 2.45) is 0 Å². The van der Waals surface area contributed by atoms with Crippen LogP contribution in [-0.4, -0.2) is 20.1 Å². The van der Waals surface area contributed by atoms with Crippen molar-refractivity contribution >= 4 is 33.3 Å². The van der Waals surface area contributed by atoms with E-state index in [1.807, 2.05) is 11.3 Å². The van der Waals surface area contributed by atoms with Crippen LogP contribution in [0.1, 0.15) is 61.5 Å². The zero-order valence-electron chi connectivity index (χ0n) is 14.3. The van der Waals surface area contributed by atoms with Crippen LogP contribution in [0.25, 0.3) is 10.2 Å². The number of hydrogen-bond donors (Lipinski definition) is 0. The number of fused-ring (bicyclic) bond motifs is 3. The van der Waals surface area contributed by atoms with Crippen LogP contribution in [0, 0.1) is 0 Å². The van der Waals surface area contributed by atoms with E-state index in [-0.39, 0.29) is 10.7 Å². The van der Waals surface area contributed by atoms with E-state index in [2.05, 4.69) is 47.8 Å². The second-order valence-electron chi connectivity index (χ2n) is 7.18. The lowest BCUT2D eigenvalue weighted by Gasteiger charge is -2.11. The molecule has 0 fully saturated rings. The highest BCUT2D eigenvalue weighted by atomic mass is 32.2. The topological polar surface area (TPSA) is 64.7 Å². The fraction of sp³-hybridized carbons (Fsp3) is 0.529. The second-order valence-corrected chi connectivity index (χ2v) is 9.60. The Morgan fingerprint density at radius 1 is 1.25 bits per heavy atom. The molecule has 4 rings (SSSR count). The first-order valence-corrected chi connectivity index (χ1v) is 9.89. The number of thiophene rings is 1. The van der Waals surface area contributed by atoms with Gasteiger partial charge < -0.3 is 4.52 Å². The van der Waals surface area contributed by atoms with Crippen molar-refractivity contribution in [1.82, 2.24) is 20.1 Å². The first-order valence-electron chi connectivity index (χ1n) is 8.19. The highest BCUT2D eigenvalue weighted by Crippen LogP contribution is 2.43. The summed E-state index contributed by atoms with van der Waals surface area (Å²) < 4.78 is 5.49. The minimum absolute atomic E-state index is 0.0589. The molecule has 0 saturated carbocycles. The monoisotopic (exact) mass is 360 g/mol. The summed E-state index contributed by atoms with van der Waals surface area (Å²) in [6.45, 7) is 8.34. The van der Waals surface area contributed by atoms with E-state index in [0.717, 1.165) is 22.1 Å². The van der Waals surface area contributed by atoms with E-state index in [4.69, 9.17) is 4.52 Å². The van der Waals surface area contributed by atoms with Crippen LogP contribution < -0.4 is 0 Å². The standard InChI is InChI=1S/C17H20N4OS2/c1-9(13-20-16(21-22-13)17(2,3)4)23-14-12-10-6-5-7-11(10)24-15(12)19-8-18-14/h8-9H,5-7H2,1-4H3/t9-/m0/s1. The Hall–Kier alpha value is -1.47. The highest BCUT2D eigenvalue weighted by Gasteiger charge is 2.26. The summed E-state index contributed by atoms with van der Waals surface area (Å²) in [6.07, 6.45) is 5.22. The predicted molar refractivity (Wildman–Crippen MR) is 96.7 cm³/mol. The Labute approximate surface area is 149 Å². The highest BCUT2D eigenvalue weighted by molar-refractivity contribution is 7.99. The maximum atomic E-state index is 5.49. The Kier molecular flexibility index (Phi) is 3.88. The van der Waals surface area contributed by atoms with Gasteiger partial charge >= 0.3 is 0 Å². The van der Waals surface area contributed by atoms with Crippen LogP contribution in [0.3, 0.4) is 0 Å². The molecular formula is C17H20N4OS2. The van der Waals surface area contributed by atoms with Gasteiger partial charge in [0.25, 0.3) is 0 Å². The van der Waals surface area contributed by atoms with Crippen LogP contribution in [0.2, 0.25) is 0 Å². The fourth-order valence-electron chi connectivity index (χ4n) is 2.91. The second kappa shape index (κ2) is 5.81. The van der Waals surface area contributed by atoms with Crippen molar-refractivity contribution in [3.8, 4) is 0 Å². The van der Waals surface area contributed by atoms with Crippen LogP contribution in [-0.2, 0) is 18.3 Å². The Morgan fingerprint density at radius 2 is 2.08 bits per heavy atom. The van der Waals surface area contributed by atoms with Crippen molar-refractivity contribution in [3.63, 3.8) is 0 Å². The van der Waals surface area contributed by atoms with Crippen LogP contribution in [0.15, 0.2) is 15.9 Å². The molecule has 0 saturated heterocycles. The zero-order valence-corrected chi connectivity index (χ0v) is 15.9. The van der Waals surface area contributed by atoms with Crippen molar-refractivity contribution < 1.29 is 4.52 Å². The minimum atomic E-state index is -0.109. The molecule has 3 aromatic heterocycles. The van der Waals surface area contributed by atoms with Gasteiger partial charge in [-0.3, -0.25) is 0 Å². The van der Waals surface area contributed by atoms with Gasteiger partial charge in [-0.05, 0) is 31.7 Å². The van der Waals surface area contributed by atoms with Gasteiger partial charge in [0.2, 0.25) is 5.89 Å². The fourth-order valence-corrected chi connectivity index (χ4v) is 5.18. The number of aromatic nitrogens is 4. The molecule has 7 heteroatoms. The van der Waals surface area contributed by atoms with Crippen LogP contribution >= 0.6 is 23.1 Å². The summed E-state index contributed by atoms with van der Waals surface area (Å²) in [5.74, 6) is 1.40.